The molecule has 2 N–H and O–H groups in total. The van der Waals surface area contributed by atoms with Gasteiger partial charge < -0.3 is 10.6 Å². The van der Waals surface area contributed by atoms with E-state index in [0.29, 0.717) is 40.6 Å². The number of rotatable bonds is 4. The van der Waals surface area contributed by atoms with Crippen LogP contribution in [0.5, 0.6) is 0 Å². The number of alkyl halides is 2. The van der Waals surface area contributed by atoms with Gasteiger partial charge in [0.25, 0.3) is 5.92 Å². The minimum Gasteiger partial charge on any atom is -0.308 e. The van der Waals surface area contributed by atoms with Crippen molar-refractivity contribution in [3.8, 4) is 22.3 Å². The molecule has 6 heteroatoms. The van der Waals surface area contributed by atoms with Crippen LogP contribution in [-0.4, -0.2) is 36.1 Å². The van der Waals surface area contributed by atoms with Crippen molar-refractivity contribution in [3.05, 3.63) is 83.1 Å². The third-order valence-corrected chi connectivity index (χ3v) is 11.6. The molecule has 3 aromatic carbocycles. The van der Waals surface area contributed by atoms with Crippen molar-refractivity contribution in [2.75, 3.05) is 6.54 Å². The monoisotopic (exact) mass is 588 g/mol. The third-order valence-electron chi connectivity index (χ3n) is 11.6. The maximum absolute atomic E-state index is 16.1. The second-order valence-electron chi connectivity index (χ2n) is 14.2. The lowest BCUT2D eigenvalue weighted by molar-refractivity contribution is 0.0480. The smallest absolute Gasteiger partial charge is 0.299 e. The molecule has 4 heterocycles. The Morgan fingerprint density at radius 2 is 1.57 bits per heavy atom. The Hall–Kier alpha value is -3.48. The highest BCUT2D eigenvalue weighted by atomic mass is 19.3. The van der Waals surface area contributed by atoms with Crippen molar-refractivity contribution < 1.29 is 8.78 Å². The molecule has 3 aromatic rings. The summed E-state index contributed by atoms with van der Waals surface area (Å²) in [6.07, 6.45) is 11.1. The van der Waals surface area contributed by atoms with E-state index in [9.17, 15) is 0 Å². The predicted molar refractivity (Wildman–Crippen MR) is 174 cm³/mol. The molecule has 0 amide bonds. The SMILES string of the molecule is C.FC1(F)c2cc(C3=CN=C(C4CC5(CC5)CN4)C3)ccc2-c2ccc(-c3ccc4c(c3)CC([C@H]3N[C@@H]5CC[C@H]3C5)=N4)cc21. The van der Waals surface area contributed by atoms with Crippen LogP contribution >= 0.6 is 0 Å². The number of halogens is 2. The Morgan fingerprint density at radius 1 is 0.818 bits per heavy atom. The number of benzene rings is 3. The Bertz CT molecular complexity index is 1830. The van der Waals surface area contributed by atoms with Gasteiger partial charge in [-0.05, 0) is 113 Å². The summed E-state index contributed by atoms with van der Waals surface area (Å²) < 4.78 is 32.3. The summed E-state index contributed by atoms with van der Waals surface area (Å²) in [5.74, 6) is -2.34. The molecule has 4 aliphatic heterocycles. The van der Waals surface area contributed by atoms with E-state index in [0.717, 1.165) is 59.5 Å². The van der Waals surface area contributed by atoms with E-state index < -0.39 is 5.92 Å². The molecule has 1 spiro atoms. The van der Waals surface area contributed by atoms with Crippen molar-refractivity contribution in [3.63, 3.8) is 0 Å². The summed E-state index contributed by atoms with van der Waals surface area (Å²) in [4.78, 5) is 9.73. The highest BCUT2D eigenvalue weighted by Gasteiger charge is 2.50. The van der Waals surface area contributed by atoms with Crippen molar-refractivity contribution >= 4 is 22.7 Å². The summed E-state index contributed by atoms with van der Waals surface area (Å²) >= 11 is 0. The zero-order chi connectivity index (χ0) is 28.5. The molecule has 1 unspecified atom stereocenters. The second-order valence-corrected chi connectivity index (χ2v) is 14.2. The Labute approximate surface area is 257 Å². The average Bonchev–Trinajstić information content (AvgIpc) is 3.68. The molecule has 0 aromatic heterocycles. The topological polar surface area (TPSA) is 48.8 Å². The number of fused-ring (bicyclic) bond motifs is 6. The summed E-state index contributed by atoms with van der Waals surface area (Å²) in [5, 5.41) is 7.42. The van der Waals surface area contributed by atoms with E-state index in [-0.39, 0.29) is 18.6 Å². The van der Waals surface area contributed by atoms with Crippen LogP contribution in [0.2, 0.25) is 0 Å². The average molecular weight is 589 g/mol. The number of hydrogen-bond donors (Lipinski definition) is 2. The molecule has 4 atom stereocenters. The predicted octanol–water partition coefficient (Wildman–Crippen LogP) is 8.21. The van der Waals surface area contributed by atoms with E-state index in [2.05, 4.69) is 22.8 Å². The first-order chi connectivity index (χ1) is 20.9. The first kappa shape index (κ1) is 26.9. The summed E-state index contributed by atoms with van der Waals surface area (Å²) in [5.41, 5.74) is 10.3. The second kappa shape index (κ2) is 9.27. The fraction of sp³-hybridized carbons (Fsp3) is 0.421. The van der Waals surface area contributed by atoms with Gasteiger partial charge in [0, 0.05) is 66.3 Å². The van der Waals surface area contributed by atoms with Gasteiger partial charge in [0.2, 0.25) is 0 Å². The van der Waals surface area contributed by atoms with Gasteiger partial charge in [-0.3, -0.25) is 9.98 Å². The van der Waals surface area contributed by atoms with E-state index in [4.69, 9.17) is 9.98 Å². The van der Waals surface area contributed by atoms with Gasteiger partial charge >= 0.3 is 0 Å². The first-order valence-electron chi connectivity index (χ1n) is 16.1. The molecule has 10 rings (SSSR count). The van der Waals surface area contributed by atoms with Gasteiger partial charge in [-0.15, -0.1) is 0 Å². The summed E-state index contributed by atoms with van der Waals surface area (Å²) in [6.45, 7) is 1.08. The lowest BCUT2D eigenvalue weighted by Gasteiger charge is -2.23. The third kappa shape index (κ3) is 3.93. The molecule has 3 aliphatic carbocycles. The molecule has 4 fully saturated rings. The standard InChI is InChI=1S/C37H34F2N4.CH4/c38-37(39)29-13-21(20-4-8-31-24(11-20)15-33(43-31)35-23-1-5-26(12-23)42-35)2-6-27(29)28-7-3-22(14-30(28)37)25-16-32(40-18-25)34-17-36(9-10-36)19-41-34;/h2-4,6-8,11,13-14,18,23,26,34-35,41-42H,1,5,9-10,12,15-17,19H2;1H4/t23-,26+,34?,35-;/m0./s1. The van der Waals surface area contributed by atoms with E-state index in [1.165, 1.54) is 43.4 Å². The highest BCUT2D eigenvalue weighted by Crippen LogP contribution is 2.54. The molecule has 7 aliphatic rings. The van der Waals surface area contributed by atoms with Crippen LogP contribution < -0.4 is 10.6 Å². The van der Waals surface area contributed by atoms with Gasteiger partial charge in [0.15, 0.2) is 0 Å². The van der Waals surface area contributed by atoms with Crippen LogP contribution in [-0.2, 0) is 12.3 Å². The van der Waals surface area contributed by atoms with E-state index in [1.807, 2.05) is 36.5 Å². The molecular formula is C38H38F2N4. The Morgan fingerprint density at radius 3 is 2.30 bits per heavy atom. The molecule has 4 nitrogen and oxygen atoms in total. The zero-order valence-electron chi connectivity index (χ0n) is 24.1. The van der Waals surface area contributed by atoms with Crippen molar-refractivity contribution in [1.29, 1.82) is 0 Å². The van der Waals surface area contributed by atoms with Gasteiger partial charge in [-0.2, -0.15) is 8.78 Å². The minimum atomic E-state index is -3.05. The zero-order valence-corrected chi connectivity index (χ0v) is 24.1. The summed E-state index contributed by atoms with van der Waals surface area (Å²) in [6, 6.07) is 18.8. The maximum atomic E-state index is 16.1. The fourth-order valence-electron chi connectivity index (χ4n) is 8.96. The first-order valence-corrected chi connectivity index (χ1v) is 16.1. The minimum absolute atomic E-state index is 0. The Balaban J connectivity index is 0.00000270. The van der Waals surface area contributed by atoms with E-state index in [1.54, 1.807) is 12.1 Å². The van der Waals surface area contributed by atoms with Gasteiger partial charge in [0.1, 0.15) is 0 Å². The number of hydrogen-bond acceptors (Lipinski definition) is 4. The molecule has 2 saturated heterocycles. The van der Waals surface area contributed by atoms with Crippen LogP contribution in [0.3, 0.4) is 0 Å². The highest BCUT2D eigenvalue weighted by molar-refractivity contribution is 6.02. The molecule has 44 heavy (non-hydrogen) atoms. The van der Waals surface area contributed by atoms with Gasteiger partial charge in [-0.1, -0.05) is 37.8 Å². The quantitative estimate of drug-likeness (QED) is 0.323. The van der Waals surface area contributed by atoms with Gasteiger partial charge in [0.05, 0.1) is 5.69 Å². The van der Waals surface area contributed by atoms with Crippen LogP contribution in [0.25, 0.3) is 27.8 Å². The van der Waals surface area contributed by atoms with Crippen LogP contribution in [0.1, 0.15) is 74.6 Å². The largest absolute Gasteiger partial charge is 0.308 e. The van der Waals surface area contributed by atoms with Crippen molar-refractivity contribution in [1.82, 2.24) is 10.6 Å². The molecule has 0 radical (unpaired) electrons. The van der Waals surface area contributed by atoms with Crippen LogP contribution in [0.15, 0.2) is 70.8 Å². The fourth-order valence-corrected chi connectivity index (χ4v) is 8.96. The van der Waals surface area contributed by atoms with Crippen molar-refractivity contribution in [2.24, 2.45) is 21.3 Å². The number of piperidine rings is 1. The summed E-state index contributed by atoms with van der Waals surface area (Å²) in [7, 11) is 0. The normalized spacial score (nSPS) is 29.2. The van der Waals surface area contributed by atoms with E-state index >= 15 is 8.78 Å². The molecule has 224 valence electrons. The van der Waals surface area contributed by atoms with Crippen LogP contribution in [0.4, 0.5) is 14.5 Å². The maximum Gasteiger partial charge on any atom is 0.299 e. The molecular weight excluding hydrogens is 550 g/mol. The Kier molecular flexibility index (Phi) is 5.67. The number of nitrogens with one attached hydrogen (secondary N) is 2. The molecule has 2 bridgehead atoms. The number of nitrogens with zero attached hydrogens (tertiary/aromatic N) is 2. The van der Waals surface area contributed by atoms with Crippen LogP contribution in [0, 0.1) is 11.3 Å². The van der Waals surface area contributed by atoms with Gasteiger partial charge in [-0.25, -0.2) is 0 Å². The number of aliphatic imine (C=N–C) groups is 2. The molecule has 2 saturated carbocycles. The van der Waals surface area contributed by atoms with Crippen molar-refractivity contribution in [2.45, 2.75) is 82.8 Å². The number of allylic oxidation sites excluding steroid dienone is 1. The lowest BCUT2D eigenvalue weighted by atomic mass is 9.92. The lowest BCUT2D eigenvalue weighted by Crippen LogP contribution is -2.41.